The average Bonchev–Trinajstić information content (AvgIpc) is 2.32. The fourth-order valence-electron chi connectivity index (χ4n) is 2.25. The maximum absolute atomic E-state index is 12.8. The zero-order chi connectivity index (χ0) is 13.1. The number of carbonyl (C=O) groups is 1. The zero-order valence-electron chi connectivity index (χ0n) is 10.6. The summed E-state index contributed by atoms with van der Waals surface area (Å²) in [4.78, 5) is 14.0. The van der Waals surface area contributed by atoms with Gasteiger partial charge in [-0.05, 0) is 38.1 Å². The lowest BCUT2D eigenvalue weighted by Gasteiger charge is -2.39. The minimum absolute atomic E-state index is 0.136. The van der Waals surface area contributed by atoms with Crippen molar-refractivity contribution in [3.63, 3.8) is 0 Å². The van der Waals surface area contributed by atoms with E-state index in [1.54, 1.807) is 12.1 Å². The topological polar surface area (TPSA) is 44.4 Å². The van der Waals surface area contributed by atoms with Crippen molar-refractivity contribution >= 4 is 11.7 Å². The molecule has 18 heavy (non-hydrogen) atoms. The summed E-state index contributed by atoms with van der Waals surface area (Å²) in [7, 11) is 0. The number of anilines is 1. The Kier molecular flexibility index (Phi) is 3.81. The highest BCUT2D eigenvalue weighted by Gasteiger charge is 2.28. The summed E-state index contributed by atoms with van der Waals surface area (Å²) >= 11 is 0. The number of hydrogen-bond acceptors (Lipinski definition) is 2. The van der Waals surface area contributed by atoms with Gasteiger partial charge in [-0.1, -0.05) is 0 Å². The van der Waals surface area contributed by atoms with Gasteiger partial charge in [0.05, 0.1) is 0 Å². The molecule has 1 saturated heterocycles. The van der Waals surface area contributed by atoms with Gasteiger partial charge in [0.15, 0.2) is 0 Å². The Bertz CT molecular complexity index is 411. The first-order valence-corrected chi connectivity index (χ1v) is 6.13. The fourth-order valence-corrected chi connectivity index (χ4v) is 2.25. The monoisotopic (exact) mass is 251 g/mol. The van der Waals surface area contributed by atoms with Crippen molar-refractivity contribution in [2.45, 2.75) is 25.9 Å². The van der Waals surface area contributed by atoms with Gasteiger partial charge in [0, 0.05) is 30.9 Å². The predicted octanol–water partition coefficient (Wildman–Crippen LogP) is 2.04. The zero-order valence-corrected chi connectivity index (χ0v) is 10.6. The van der Waals surface area contributed by atoms with E-state index in [2.05, 4.69) is 10.6 Å². The SMILES string of the molecule is CC1CNCC(C)N1C(=O)Nc1ccc(F)cc1. The second-order valence-corrected chi connectivity index (χ2v) is 4.70. The van der Waals surface area contributed by atoms with E-state index >= 15 is 0 Å². The minimum Gasteiger partial charge on any atom is -0.317 e. The molecule has 4 nitrogen and oxygen atoms in total. The molecule has 2 unspecified atom stereocenters. The average molecular weight is 251 g/mol. The van der Waals surface area contributed by atoms with Crippen molar-refractivity contribution in [1.82, 2.24) is 10.2 Å². The van der Waals surface area contributed by atoms with E-state index in [9.17, 15) is 9.18 Å². The van der Waals surface area contributed by atoms with Crippen LogP contribution < -0.4 is 10.6 Å². The molecule has 0 spiro atoms. The largest absolute Gasteiger partial charge is 0.322 e. The smallest absolute Gasteiger partial charge is 0.317 e. The lowest BCUT2D eigenvalue weighted by Crippen LogP contribution is -2.58. The number of nitrogens with one attached hydrogen (secondary N) is 2. The number of amides is 2. The maximum atomic E-state index is 12.8. The van der Waals surface area contributed by atoms with E-state index in [1.807, 2.05) is 18.7 Å². The summed E-state index contributed by atoms with van der Waals surface area (Å²) in [5, 5.41) is 6.06. The third-order valence-electron chi connectivity index (χ3n) is 3.16. The molecule has 1 fully saturated rings. The lowest BCUT2D eigenvalue weighted by molar-refractivity contribution is 0.143. The molecule has 2 rings (SSSR count). The Morgan fingerprint density at radius 1 is 1.28 bits per heavy atom. The molecule has 1 aromatic rings. The Labute approximate surface area is 106 Å². The van der Waals surface area contributed by atoms with Crippen LogP contribution in [0.25, 0.3) is 0 Å². The van der Waals surface area contributed by atoms with E-state index < -0.39 is 0 Å². The minimum atomic E-state index is -0.308. The highest BCUT2D eigenvalue weighted by Crippen LogP contribution is 2.14. The summed E-state index contributed by atoms with van der Waals surface area (Å²) in [6.45, 7) is 5.60. The van der Waals surface area contributed by atoms with Gasteiger partial charge in [-0.2, -0.15) is 0 Å². The molecule has 5 heteroatoms. The van der Waals surface area contributed by atoms with Gasteiger partial charge in [0.2, 0.25) is 0 Å². The standard InChI is InChI=1S/C13H18FN3O/c1-9-7-15-8-10(2)17(9)13(18)16-12-5-3-11(14)4-6-12/h3-6,9-10,15H,7-8H2,1-2H3,(H,16,18). The van der Waals surface area contributed by atoms with Crippen LogP contribution in [-0.2, 0) is 0 Å². The Hall–Kier alpha value is -1.62. The molecule has 1 aliphatic rings. The Morgan fingerprint density at radius 2 is 1.83 bits per heavy atom. The van der Waals surface area contributed by atoms with Gasteiger partial charge in [-0.15, -0.1) is 0 Å². The van der Waals surface area contributed by atoms with Crippen molar-refractivity contribution in [1.29, 1.82) is 0 Å². The maximum Gasteiger partial charge on any atom is 0.322 e. The molecule has 0 radical (unpaired) electrons. The number of nitrogens with zero attached hydrogens (tertiary/aromatic N) is 1. The van der Waals surface area contributed by atoms with Crippen molar-refractivity contribution in [2.75, 3.05) is 18.4 Å². The van der Waals surface area contributed by atoms with Crippen molar-refractivity contribution in [3.05, 3.63) is 30.1 Å². The third kappa shape index (κ3) is 2.79. The second-order valence-electron chi connectivity index (χ2n) is 4.70. The molecule has 98 valence electrons. The van der Waals surface area contributed by atoms with Crippen LogP contribution in [0.1, 0.15) is 13.8 Å². The predicted molar refractivity (Wildman–Crippen MR) is 69.1 cm³/mol. The van der Waals surface area contributed by atoms with Gasteiger partial charge < -0.3 is 15.5 Å². The molecule has 1 aromatic carbocycles. The van der Waals surface area contributed by atoms with E-state index in [0.29, 0.717) is 5.69 Å². The van der Waals surface area contributed by atoms with Crippen LogP contribution in [0.4, 0.5) is 14.9 Å². The first-order chi connectivity index (χ1) is 8.58. The number of carbonyl (C=O) groups excluding carboxylic acids is 1. The molecule has 0 saturated carbocycles. The quantitative estimate of drug-likeness (QED) is 0.802. The molecule has 2 N–H and O–H groups in total. The molecule has 2 atom stereocenters. The van der Waals surface area contributed by atoms with Crippen LogP contribution in [-0.4, -0.2) is 36.1 Å². The second kappa shape index (κ2) is 5.35. The normalized spacial score (nSPS) is 23.8. The van der Waals surface area contributed by atoms with Crippen LogP contribution in [0.2, 0.25) is 0 Å². The molecule has 1 heterocycles. The molecule has 2 amide bonds. The first kappa shape index (κ1) is 12.8. The van der Waals surface area contributed by atoms with Crippen molar-refractivity contribution in [3.8, 4) is 0 Å². The van der Waals surface area contributed by atoms with Gasteiger partial charge >= 0.3 is 6.03 Å². The molecule has 1 aliphatic heterocycles. The summed E-state index contributed by atoms with van der Waals surface area (Å²) in [6.07, 6.45) is 0. The molecular formula is C13H18FN3O. The van der Waals surface area contributed by atoms with Crippen molar-refractivity contribution in [2.24, 2.45) is 0 Å². The van der Waals surface area contributed by atoms with Crippen molar-refractivity contribution < 1.29 is 9.18 Å². The summed E-state index contributed by atoms with van der Waals surface area (Å²) < 4.78 is 12.8. The van der Waals surface area contributed by atoms with Crippen LogP contribution in [0.5, 0.6) is 0 Å². The van der Waals surface area contributed by atoms with Crippen LogP contribution in [0, 0.1) is 5.82 Å². The van der Waals surface area contributed by atoms with E-state index in [4.69, 9.17) is 0 Å². The highest BCUT2D eigenvalue weighted by molar-refractivity contribution is 5.89. The fraction of sp³-hybridized carbons (Fsp3) is 0.462. The molecule has 0 aliphatic carbocycles. The molecule has 0 aromatic heterocycles. The summed E-state index contributed by atoms with van der Waals surface area (Å²) in [5.74, 6) is -0.308. The lowest BCUT2D eigenvalue weighted by atomic mass is 10.1. The third-order valence-corrected chi connectivity index (χ3v) is 3.16. The Morgan fingerprint density at radius 3 is 2.39 bits per heavy atom. The Balaban J connectivity index is 2.04. The van der Waals surface area contributed by atoms with Gasteiger partial charge in [0.25, 0.3) is 0 Å². The van der Waals surface area contributed by atoms with Gasteiger partial charge in [0.1, 0.15) is 5.82 Å². The van der Waals surface area contributed by atoms with Gasteiger partial charge in [-0.3, -0.25) is 0 Å². The summed E-state index contributed by atoms with van der Waals surface area (Å²) in [5.41, 5.74) is 0.610. The molecule has 0 bridgehead atoms. The van der Waals surface area contributed by atoms with E-state index in [0.717, 1.165) is 13.1 Å². The number of urea groups is 1. The van der Waals surface area contributed by atoms with Crippen LogP contribution >= 0.6 is 0 Å². The van der Waals surface area contributed by atoms with Gasteiger partial charge in [-0.25, -0.2) is 9.18 Å². The first-order valence-electron chi connectivity index (χ1n) is 6.13. The number of piperazine rings is 1. The number of benzene rings is 1. The van der Waals surface area contributed by atoms with E-state index in [-0.39, 0.29) is 23.9 Å². The summed E-state index contributed by atoms with van der Waals surface area (Å²) in [6, 6.07) is 5.95. The molecular weight excluding hydrogens is 233 g/mol. The number of rotatable bonds is 1. The number of halogens is 1. The van der Waals surface area contributed by atoms with Crippen LogP contribution in [0.15, 0.2) is 24.3 Å². The highest BCUT2D eigenvalue weighted by atomic mass is 19.1. The van der Waals surface area contributed by atoms with E-state index in [1.165, 1.54) is 12.1 Å². The van der Waals surface area contributed by atoms with Crippen LogP contribution in [0.3, 0.4) is 0 Å². The number of hydrogen-bond donors (Lipinski definition) is 2.